The normalized spacial score (nSPS) is 23.3. The molecular formula is C22H27NO6. The van der Waals surface area contributed by atoms with E-state index in [9.17, 15) is 5.11 Å². The molecule has 29 heavy (non-hydrogen) atoms. The Hall–Kier alpha value is -2.48. The first-order valence-electron chi connectivity index (χ1n) is 9.57. The number of nitrogens with zero attached hydrogens (tertiary/aromatic N) is 1. The Morgan fingerprint density at radius 1 is 0.931 bits per heavy atom. The summed E-state index contributed by atoms with van der Waals surface area (Å²) in [5.41, 5.74) is 3.70. The minimum atomic E-state index is -1.14. The van der Waals surface area contributed by atoms with E-state index in [1.54, 1.807) is 28.4 Å². The first-order chi connectivity index (χ1) is 14.0. The summed E-state index contributed by atoms with van der Waals surface area (Å²) < 4.78 is 28.2. The van der Waals surface area contributed by atoms with E-state index in [-0.39, 0.29) is 12.1 Å². The molecule has 0 amide bonds. The van der Waals surface area contributed by atoms with Gasteiger partial charge in [0, 0.05) is 6.54 Å². The van der Waals surface area contributed by atoms with Gasteiger partial charge >= 0.3 is 0 Å². The summed E-state index contributed by atoms with van der Waals surface area (Å²) in [6, 6.07) is 7.74. The molecule has 2 aromatic carbocycles. The predicted octanol–water partition coefficient (Wildman–Crippen LogP) is 3.01. The molecule has 2 aromatic rings. The fourth-order valence-electron chi connectivity index (χ4n) is 4.49. The summed E-state index contributed by atoms with van der Waals surface area (Å²) in [5, 5.41) is 10.9. The van der Waals surface area contributed by atoms with Gasteiger partial charge in [0.2, 0.25) is 0 Å². The smallest absolute Gasteiger partial charge is 0.186 e. The average Bonchev–Trinajstić information content (AvgIpc) is 2.88. The Bertz CT molecular complexity index is 915. The maximum absolute atomic E-state index is 10.9. The molecule has 0 unspecified atom stereocenters. The summed E-state index contributed by atoms with van der Waals surface area (Å²) in [5.74, 6) is 2.40. The van der Waals surface area contributed by atoms with Crippen LogP contribution in [0.3, 0.4) is 0 Å². The topological polar surface area (TPSA) is 69.6 Å². The predicted molar refractivity (Wildman–Crippen MR) is 107 cm³/mol. The van der Waals surface area contributed by atoms with E-state index in [0.717, 1.165) is 29.7 Å². The molecule has 0 saturated heterocycles. The lowest BCUT2D eigenvalue weighted by molar-refractivity contribution is -0.174. The highest BCUT2D eigenvalue weighted by molar-refractivity contribution is 5.55. The molecule has 0 bridgehead atoms. The lowest BCUT2D eigenvalue weighted by atomic mass is 9.87. The highest BCUT2D eigenvalue weighted by atomic mass is 16.6. The minimum absolute atomic E-state index is 0.0902. The molecular weight excluding hydrogens is 374 g/mol. The zero-order chi connectivity index (χ0) is 20.7. The van der Waals surface area contributed by atoms with Gasteiger partial charge in [-0.05, 0) is 48.4 Å². The van der Waals surface area contributed by atoms with Crippen molar-refractivity contribution in [2.24, 2.45) is 0 Å². The number of hydrogen-bond acceptors (Lipinski definition) is 7. The Kier molecular flexibility index (Phi) is 5.29. The van der Waals surface area contributed by atoms with Crippen molar-refractivity contribution in [2.75, 3.05) is 42.0 Å². The molecule has 7 heteroatoms. The Labute approximate surface area is 170 Å². The third kappa shape index (κ3) is 3.10. The van der Waals surface area contributed by atoms with Crippen LogP contribution >= 0.6 is 0 Å². The number of likely N-dealkylation sites (N-methyl/N-ethyl adjacent to an activating group) is 1. The fourth-order valence-corrected chi connectivity index (χ4v) is 4.49. The van der Waals surface area contributed by atoms with Crippen LogP contribution in [0.2, 0.25) is 0 Å². The van der Waals surface area contributed by atoms with Crippen molar-refractivity contribution in [3.63, 3.8) is 0 Å². The van der Waals surface area contributed by atoms with Gasteiger partial charge in [-0.25, -0.2) is 0 Å². The van der Waals surface area contributed by atoms with Crippen molar-refractivity contribution in [1.29, 1.82) is 0 Å². The van der Waals surface area contributed by atoms with Crippen molar-refractivity contribution in [3.8, 4) is 23.0 Å². The Morgan fingerprint density at radius 3 is 2.28 bits per heavy atom. The largest absolute Gasteiger partial charge is 0.493 e. The van der Waals surface area contributed by atoms with Crippen LogP contribution in [-0.2, 0) is 11.2 Å². The van der Waals surface area contributed by atoms with E-state index < -0.39 is 6.29 Å². The summed E-state index contributed by atoms with van der Waals surface area (Å²) in [4.78, 5) is 2.25. The number of methoxy groups -OCH3 is 4. The maximum Gasteiger partial charge on any atom is 0.186 e. The zero-order valence-electron chi connectivity index (χ0n) is 17.4. The molecule has 3 atom stereocenters. The molecule has 0 saturated carbocycles. The third-order valence-corrected chi connectivity index (χ3v) is 5.91. The monoisotopic (exact) mass is 401 g/mol. The van der Waals surface area contributed by atoms with Crippen molar-refractivity contribution in [1.82, 2.24) is 4.90 Å². The van der Waals surface area contributed by atoms with E-state index in [1.807, 2.05) is 24.3 Å². The maximum atomic E-state index is 10.9. The molecule has 0 fully saturated rings. The number of ether oxygens (including phenoxy) is 5. The minimum Gasteiger partial charge on any atom is -0.493 e. The average molecular weight is 401 g/mol. The Balaban J connectivity index is 1.90. The molecule has 0 spiro atoms. The van der Waals surface area contributed by atoms with Gasteiger partial charge in [-0.15, -0.1) is 0 Å². The molecule has 2 aliphatic rings. The van der Waals surface area contributed by atoms with Crippen molar-refractivity contribution >= 4 is 0 Å². The molecule has 2 heterocycles. The van der Waals surface area contributed by atoms with Gasteiger partial charge in [-0.2, -0.15) is 0 Å². The van der Waals surface area contributed by atoms with E-state index in [2.05, 4.69) is 11.9 Å². The second-order valence-electron chi connectivity index (χ2n) is 7.29. The lowest BCUT2D eigenvalue weighted by Gasteiger charge is -2.40. The standard InChI is InChI=1S/C22H27NO6/c1-23-9-8-12-10-16(26-3)17(27-4)11-14(12)20-19(23)13-6-7-15(25-2)21(28-5)18(13)22(24)29-20/h6-7,10-11,19-20,22,24H,8-9H2,1-5H3/t19-,20+,22-/m1/s1. The number of benzene rings is 2. The highest BCUT2D eigenvalue weighted by Gasteiger charge is 2.43. The van der Waals surface area contributed by atoms with Gasteiger partial charge in [-0.1, -0.05) is 6.07 Å². The van der Waals surface area contributed by atoms with Crippen molar-refractivity contribution in [2.45, 2.75) is 24.9 Å². The lowest BCUT2D eigenvalue weighted by Crippen LogP contribution is -2.35. The molecule has 2 aliphatic heterocycles. The second kappa shape index (κ2) is 7.74. The molecule has 1 N–H and O–H groups in total. The van der Waals surface area contributed by atoms with Crippen LogP contribution in [0.25, 0.3) is 0 Å². The number of fused-ring (bicyclic) bond motifs is 5. The SMILES string of the molecule is COc1cc2c(cc1OC)[C@@H]1O[C@@H](O)c3c(ccc(OC)c3OC)[C@H]1N(C)CC2. The Morgan fingerprint density at radius 2 is 1.62 bits per heavy atom. The quantitative estimate of drug-likeness (QED) is 0.845. The second-order valence-corrected chi connectivity index (χ2v) is 7.29. The first kappa shape index (κ1) is 19.8. The van der Waals surface area contributed by atoms with Gasteiger partial charge in [0.1, 0.15) is 6.10 Å². The molecule has 4 rings (SSSR count). The molecule has 7 nitrogen and oxygen atoms in total. The van der Waals surface area contributed by atoms with Crippen LogP contribution in [0.1, 0.15) is 40.7 Å². The number of aliphatic hydroxyl groups excluding tert-OH is 1. The van der Waals surface area contributed by atoms with E-state index in [0.29, 0.717) is 28.6 Å². The summed E-state index contributed by atoms with van der Waals surface area (Å²) >= 11 is 0. The van der Waals surface area contributed by atoms with Crippen LogP contribution in [0.4, 0.5) is 0 Å². The third-order valence-electron chi connectivity index (χ3n) is 5.91. The van der Waals surface area contributed by atoms with E-state index in [1.165, 1.54) is 0 Å². The van der Waals surface area contributed by atoms with E-state index in [4.69, 9.17) is 23.7 Å². The van der Waals surface area contributed by atoms with Gasteiger partial charge in [-0.3, -0.25) is 4.90 Å². The van der Waals surface area contributed by atoms with E-state index >= 15 is 0 Å². The zero-order valence-corrected chi connectivity index (χ0v) is 17.4. The van der Waals surface area contributed by atoms with Crippen LogP contribution in [0.5, 0.6) is 23.0 Å². The summed E-state index contributed by atoms with van der Waals surface area (Å²) in [7, 11) is 8.47. The van der Waals surface area contributed by atoms with Crippen LogP contribution in [-0.4, -0.2) is 52.0 Å². The number of rotatable bonds is 4. The van der Waals surface area contributed by atoms with Crippen LogP contribution < -0.4 is 18.9 Å². The van der Waals surface area contributed by atoms with Crippen molar-refractivity contribution < 1.29 is 28.8 Å². The molecule has 156 valence electrons. The molecule has 0 aromatic heterocycles. The molecule has 0 radical (unpaired) electrons. The fraction of sp³-hybridized carbons (Fsp3) is 0.455. The molecule has 0 aliphatic carbocycles. The number of aliphatic hydroxyl groups is 1. The number of hydrogen-bond donors (Lipinski definition) is 1. The van der Waals surface area contributed by atoms with Gasteiger partial charge in [0.25, 0.3) is 0 Å². The van der Waals surface area contributed by atoms with Gasteiger partial charge in [0.15, 0.2) is 29.3 Å². The highest BCUT2D eigenvalue weighted by Crippen LogP contribution is 2.53. The summed E-state index contributed by atoms with van der Waals surface area (Å²) in [6.07, 6.45) is -0.664. The van der Waals surface area contributed by atoms with Crippen molar-refractivity contribution in [3.05, 3.63) is 46.5 Å². The van der Waals surface area contributed by atoms with Gasteiger partial charge in [0.05, 0.1) is 40.0 Å². The van der Waals surface area contributed by atoms with Gasteiger partial charge < -0.3 is 28.8 Å². The first-order valence-corrected chi connectivity index (χ1v) is 9.57. The van der Waals surface area contributed by atoms with Crippen LogP contribution in [0, 0.1) is 0 Å². The summed E-state index contributed by atoms with van der Waals surface area (Å²) in [6.45, 7) is 0.830. The van der Waals surface area contributed by atoms with Crippen LogP contribution in [0.15, 0.2) is 24.3 Å².